The molecule has 0 saturated heterocycles. The van der Waals surface area contributed by atoms with Crippen LogP contribution in [0.4, 0.5) is 0 Å². The van der Waals surface area contributed by atoms with E-state index >= 15 is 0 Å². The van der Waals surface area contributed by atoms with Crippen molar-refractivity contribution in [3.8, 4) is 12.1 Å². The molecule has 5 aromatic rings. The van der Waals surface area contributed by atoms with Crippen molar-refractivity contribution >= 4 is 106 Å². The third kappa shape index (κ3) is 2.77. The van der Waals surface area contributed by atoms with Gasteiger partial charge in [-0.15, -0.1) is 56.7 Å². The van der Waals surface area contributed by atoms with Crippen molar-refractivity contribution in [2.75, 3.05) is 0 Å². The average Bonchev–Trinajstić information content (AvgIpc) is 3.48. The third-order valence-corrected chi connectivity index (χ3v) is 10.8. The van der Waals surface area contributed by atoms with Gasteiger partial charge in [0.05, 0.1) is 53.5 Å². The van der Waals surface area contributed by atoms with Gasteiger partial charge in [0.25, 0.3) is 11.4 Å². The van der Waals surface area contributed by atoms with E-state index in [4.69, 9.17) is 23.7 Å². The van der Waals surface area contributed by atoms with Crippen LogP contribution in [-0.4, -0.2) is 0 Å². The lowest BCUT2D eigenvalue weighted by Gasteiger charge is -1.83. The lowest BCUT2D eigenvalue weighted by atomic mass is 10.3. The topological polar surface area (TPSA) is 56.3 Å². The van der Waals surface area contributed by atoms with E-state index in [1.54, 1.807) is 68.8 Å². The number of thiophene rings is 5. The second-order valence-electron chi connectivity index (χ2n) is 5.81. The van der Waals surface area contributed by atoms with Crippen molar-refractivity contribution in [3.05, 3.63) is 56.1 Å². The number of nitriles is 2. The Hall–Kier alpha value is -3.02. The van der Waals surface area contributed by atoms with Gasteiger partial charge in [0, 0.05) is 19.2 Å². The van der Waals surface area contributed by atoms with E-state index < -0.39 is 0 Å². The SMILES string of the molecule is [C-]#[N+]/C(C#N)=C\c1cc2sc3c(sc4c5sc(/C=C(\C#N)[N+]#[C-])cc5sc43)c2s1. The first-order chi connectivity index (χ1) is 14.1. The second kappa shape index (κ2) is 6.79. The Morgan fingerprint density at radius 1 is 0.690 bits per heavy atom. The molecule has 0 radical (unpaired) electrons. The molecule has 9 heteroatoms. The van der Waals surface area contributed by atoms with Crippen LogP contribution in [0.1, 0.15) is 9.75 Å². The highest BCUT2D eigenvalue weighted by atomic mass is 32.1. The van der Waals surface area contributed by atoms with Gasteiger partial charge >= 0.3 is 0 Å². The number of fused-ring (bicyclic) bond motifs is 7. The number of rotatable bonds is 2. The molecule has 0 aromatic carbocycles. The molecule has 0 bridgehead atoms. The first-order valence-corrected chi connectivity index (χ1v) is 12.0. The summed E-state index contributed by atoms with van der Waals surface area (Å²) < 4.78 is 9.86. The molecule has 0 spiro atoms. The Balaban J connectivity index is 1.69. The van der Waals surface area contributed by atoms with Crippen LogP contribution in [0.3, 0.4) is 0 Å². The molecule has 0 amide bonds. The zero-order valence-corrected chi connectivity index (χ0v) is 18.2. The fourth-order valence-corrected chi connectivity index (χ4v) is 10.1. The maximum absolute atomic E-state index is 8.98. The zero-order valence-electron chi connectivity index (χ0n) is 14.1. The van der Waals surface area contributed by atoms with Gasteiger partial charge in [0.1, 0.15) is 0 Å². The van der Waals surface area contributed by atoms with Crippen LogP contribution in [0.25, 0.3) is 59.4 Å². The molecule has 5 rings (SSSR count). The van der Waals surface area contributed by atoms with E-state index in [9.17, 15) is 0 Å². The molecule has 29 heavy (non-hydrogen) atoms. The molecule has 0 atom stereocenters. The van der Waals surface area contributed by atoms with Gasteiger partial charge in [-0.2, -0.15) is 0 Å². The van der Waals surface area contributed by atoms with Gasteiger partial charge in [-0.3, -0.25) is 0 Å². The maximum Gasteiger partial charge on any atom is 0.263 e. The van der Waals surface area contributed by atoms with Crippen molar-refractivity contribution in [2.45, 2.75) is 0 Å². The molecule has 0 aliphatic rings. The van der Waals surface area contributed by atoms with Gasteiger partial charge in [0.15, 0.2) is 0 Å². The molecule has 5 aromatic heterocycles. The molecule has 0 aliphatic carbocycles. The molecule has 0 unspecified atom stereocenters. The van der Waals surface area contributed by atoms with Crippen molar-refractivity contribution in [1.82, 2.24) is 0 Å². The average molecular weight is 461 g/mol. The van der Waals surface area contributed by atoms with Gasteiger partial charge in [-0.25, -0.2) is 20.2 Å². The fourth-order valence-electron chi connectivity index (χ4n) is 2.95. The zero-order chi connectivity index (χ0) is 20.1. The standard InChI is InChI=1S/C20H4N4S5/c1-23-9(7-21)3-11-5-13-15(25-11)17-19(27-13)20-18(29-17)16-14(28-20)6-12(26-16)4-10(8-22)24-2/h3-6H/b9-3-,10-4+. The van der Waals surface area contributed by atoms with Crippen LogP contribution < -0.4 is 0 Å². The van der Waals surface area contributed by atoms with E-state index in [0.29, 0.717) is 0 Å². The van der Waals surface area contributed by atoms with Gasteiger partial charge in [0.2, 0.25) is 0 Å². The monoisotopic (exact) mass is 460 g/mol. The predicted octanol–water partition coefficient (Wildman–Crippen LogP) is 8.17. The predicted molar refractivity (Wildman–Crippen MR) is 126 cm³/mol. The molecule has 0 N–H and O–H groups in total. The minimum atomic E-state index is 0.0966. The summed E-state index contributed by atoms with van der Waals surface area (Å²) in [6.07, 6.45) is 3.29. The largest absolute Gasteiger partial charge is 0.263 e. The van der Waals surface area contributed by atoms with E-state index in [-0.39, 0.29) is 11.4 Å². The first kappa shape index (κ1) is 18.0. The second-order valence-corrected chi connectivity index (χ2v) is 11.1. The summed E-state index contributed by atoms with van der Waals surface area (Å²) in [6, 6.07) is 7.94. The molecule has 0 saturated carbocycles. The molecule has 4 nitrogen and oxygen atoms in total. The summed E-state index contributed by atoms with van der Waals surface area (Å²) in [5.74, 6) is 0. The molecule has 0 fully saturated rings. The molecular weight excluding hydrogens is 457 g/mol. The van der Waals surface area contributed by atoms with E-state index in [2.05, 4.69) is 21.8 Å². The van der Waals surface area contributed by atoms with Crippen LogP contribution in [-0.2, 0) is 0 Å². The Morgan fingerprint density at radius 3 is 1.48 bits per heavy atom. The molecule has 0 aliphatic heterocycles. The van der Waals surface area contributed by atoms with Crippen LogP contribution in [0.5, 0.6) is 0 Å². The van der Waals surface area contributed by atoms with E-state index in [1.807, 2.05) is 12.1 Å². The number of allylic oxidation sites excluding steroid dienone is 2. The molecule has 5 heterocycles. The molecule has 134 valence electrons. The Morgan fingerprint density at radius 2 is 1.10 bits per heavy atom. The Kier molecular flexibility index (Phi) is 4.23. The number of nitrogens with zero attached hydrogens (tertiary/aromatic N) is 4. The summed E-state index contributed by atoms with van der Waals surface area (Å²) >= 11 is 8.51. The highest BCUT2D eigenvalue weighted by Gasteiger charge is 2.19. The normalized spacial score (nSPS) is 12.4. The summed E-state index contributed by atoms with van der Waals surface area (Å²) in [6.45, 7) is 14.1. The summed E-state index contributed by atoms with van der Waals surface area (Å²) in [5.41, 5.74) is 0.193. The van der Waals surface area contributed by atoms with Crippen LogP contribution >= 0.6 is 56.7 Å². The lowest BCUT2D eigenvalue weighted by molar-refractivity contribution is 1.51. The smallest absolute Gasteiger partial charge is 0.227 e. The summed E-state index contributed by atoms with van der Waals surface area (Å²) in [7, 11) is 0. The van der Waals surface area contributed by atoms with Gasteiger partial charge in [-0.1, -0.05) is 0 Å². The minimum Gasteiger partial charge on any atom is -0.227 e. The summed E-state index contributed by atoms with van der Waals surface area (Å²) in [5, 5.41) is 18.0. The minimum absolute atomic E-state index is 0.0966. The van der Waals surface area contributed by atoms with Crippen molar-refractivity contribution < 1.29 is 0 Å². The van der Waals surface area contributed by atoms with Crippen molar-refractivity contribution in [2.24, 2.45) is 0 Å². The third-order valence-electron chi connectivity index (χ3n) is 4.12. The van der Waals surface area contributed by atoms with Crippen molar-refractivity contribution in [1.29, 1.82) is 10.5 Å². The van der Waals surface area contributed by atoms with Crippen LogP contribution in [0.15, 0.2) is 23.5 Å². The van der Waals surface area contributed by atoms with E-state index in [1.165, 1.54) is 37.6 Å². The van der Waals surface area contributed by atoms with Crippen molar-refractivity contribution in [3.63, 3.8) is 0 Å². The first-order valence-electron chi connectivity index (χ1n) is 7.94. The highest BCUT2D eigenvalue weighted by molar-refractivity contribution is 7.48. The van der Waals surface area contributed by atoms with Gasteiger partial charge < -0.3 is 0 Å². The fraction of sp³-hybridized carbons (Fsp3) is 0. The van der Waals surface area contributed by atoms with Crippen LogP contribution in [0, 0.1) is 35.8 Å². The maximum atomic E-state index is 8.98. The Labute approximate surface area is 184 Å². The number of hydrogen-bond acceptors (Lipinski definition) is 7. The Bertz CT molecular complexity index is 1540. The lowest BCUT2D eigenvalue weighted by Crippen LogP contribution is -1.65. The quantitative estimate of drug-likeness (QED) is 0.197. The number of hydrogen-bond donors (Lipinski definition) is 0. The van der Waals surface area contributed by atoms with E-state index in [0.717, 1.165) is 9.75 Å². The van der Waals surface area contributed by atoms with Gasteiger partial charge in [-0.05, 0) is 24.3 Å². The summed E-state index contributed by atoms with van der Waals surface area (Å²) in [4.78, 5) is 8.32. The molecular formula is C20H4N4S5. The highest BCUT2D eigenvalue weighted by Crippen LogP contribution is 2.53. The van der Waals surface area contributed by atoms with Crippen LogP contribution in [0.2, 0.25) is 0 Å².